The third kappa shape index (κ3) is 3.30. The summed E-state index contributed by atoms with van der Waals surface area (Å²) in [5.74, 6) is 0.413. The summed E-state index contributed by atoms with van der Waals surface area (Å²) in [4.78, 5) is 0. The van der Waals surface area contributed by atoms with Gasteiger partial charge in [0.2, 0.25) is 0 Å². The molecule has 0 aliphatic rings. The average Bonchev–Trinajstić information content (AvgIpc) is 2.87. The van der Waals surface area contributed by atoms with Crippen LogP contribution in [0.2, 0.25) is 0 Å². The van der Waals surface area contributed by atoms with E-state index in [1.165, 1.54) is 18.3 Å². The normalized spacial score (nSPS) is 11.6. The maximum Gasteiger partial charge on any atom is 0.416 e. The van der Waals surface area contributed by atoms with E-state index in [-0.39, 0.29) is 0 Å². The molecule has 2 rings (SSSR count). The Bertz CT molecular complexity index is 549. The van der Waals surface area contributed by atoms with E-state index < -0.39 is 11.7 Å². The Hall–Kier alpha value is -2.02. The molecule has 0 amide bonds. The molecule has 3 N–H and O–H groups in total. The summed E-state index contributed by atoms with van der Waals surface area (Å²) in [5, 5.41) is 6.74. The number of rotatable bonds is 5. The molecule has 0 radical (unpaired) electrons. The number of aromatic nitrogens is 1. The highest BCUT2D eigenvalue weighted by molar-refractivity contribution is 5.72. The van der Waals surface area contributed by atoms with E-state index in [0.29, 0.717) is 30.1 Å². The quantitative estimate of drug-likeness (QED) is 0.828. The molecule has 0 unspecified atom stereocenters. The lowest BCUT2D eigenvalue weighted by atomic mass is 10.1. The van der Waals surface area contributed by atoms with Crippen molar-refractivity contribution in [1.82, 2.24) is 5.16 Å². The largest absolute Gasteiger partial charge is 0.416 e. The Morgan fingerprint density at radius 3 is 2.50 bits per heavy atom. The summed E-state index contributed by atoms with van der Waals surface area (Å²) in [6.07, 6.45) is -2.08. The van der Waals surface area contributed by atoms with Crippen molar-refractivity contribution in [3.8, 4) is 11.3 Å². The summed E-state index contributed by atoms with van der Waals surface area (Å²) in [6, 6.07) is 4.75. The third-order valence-corrected chi connectivity index (χ3v) is 2.74. The molecule has 0 spiro atoms. The molecule has 20 heavy (non-hydrogen) atoms. The molecule has 0 saturated carbocycles. The molecule has 1 heterocycles. The molecule has 4 nitrogen and oxygen atoms in total. The fourth-order valence-electron chi connectivity index (χ4n) is 1.71. The van der Waals surface area contributed by atoms with Crippen LogP contribution in [0.4, 0.5) is 18.9 Å². The fourth-order valence-corrected chi connectivity index (χ4v) is 1.71. The second-order valence-corrected chi connectivity index (χ2v) is 4.21. The van der Waals surface area contributed by atoms with Gasteiger partial charge in [-0.15, -0.1) is 0 Å². The van der Waals surface area contributed by atoms with Crippen LogP contribution in [0.5, 0.6) is 0 Å². The van der Waals surface area contributed by atoms with Crippen LogP contribution >= 0.6 is 0 Å². The van der Waals surface area contributed by atoms with Gasteiger partial charge in [0.25, 0.3) is 0 Å². The molecule has 0 bridgehead atoms. The van der Waals surface area contributed by atoms with E-state index in [9.17, 15) is 13.2 Å². The van der Waals surface area contributed by atoms with Gasteiger partial charge in [-0.3, -0.25) is 0 Å². The minimum Gasteiger partial charge on any atom is -0.381 e. The van der Waals surface area contributed by atoms with Crippen molar-refractivity contribution in [2.45, 2.75) is 12.6 Å². The zero-order valence-corrected chi connectivity index (χ0v) is 10.6. The summed E-state index contributed by atoms with van der Waals surface area (Å²) in [5.41, 5.74) is 5.86. The predicted molar refractivity (Wildman–Crippen MR) is 69.1 cm³/mol. The monoisotopic (exact) mass is 285 g/mol. The number of anilines is 1. The molecule has 0 aliphatic heterocycles. The summed E-state index contributed by atoms with van der Waals surface area (Å²) in [6.45, 7) is 1.19. The Morgan fingerprint density at radius 2 is 1.90 bits per heavy atom. The first-order valence-corrected chi connectivity index (χ1v) is 6.08. The fraction of sp³-hybridized carbons (Fsp3) is 0.308. The lowest BCUT2D eigenvalue weighted by Crippen LogP contribution is -2.08. The Kier molecular flexibility index (Phi) is 4.29. The Balaban J connectivity index is 2.18. The van der Waals surface area contributed by atoms with Crippen molar-refractivity contribution in [3.63, 3.8) is 0 Å². The average molecular weight is 285 g/mol. The van der Waals surface area contributed by atoms with Crippen LogP contribution in [0.3, 0.4) is 0 Å². The smallest absolute Gasteiger partial charge is 0.381 e. The van der Waals surface area contributed by atoms with Crippen LogP contribution in [-0.2, 0) is 6.18 Å². The highest BCUT2D eigenvalue weighted by Crippen LogP contribution is 2.33. The van der Waals surface area contributed by atoms with Crippen molar-refractivity contribution in [2.24, 2.45) is 5.73 Å². The maximum atomic E-state index is 12.5. The molecular formula is C13H14F3N3O. The highest BCUT2D eigenvalue weighted by atomic mass is 19.4. The van der Waals surface area contributed by atoms with Gasteiger partial charge >= 0.3 is 6.18 Å². The van der Waals surface area contributed by atoms with E-state index in [1.54, 1.807) is 0 Å². The van der Waals surface area contributed by atoms with Crippen molar-refractivity contribution in [3.05, 3.63) is 36.0 Å². The van der Waals surface area contributed by atoms with E-state index in [2.05, 4.69) is 10.5 Å². The molecule has 0 aliphatic carbocycles. The predicted octanol–water partition coefficient (Wildman–Crippen LogP) is 3.12. The lowest BCUT2D eigenvalue weighted by Gasteiger charge is -2.07. The molecule has 0 fully saturated rings. The molecule has 2 aromatic rings. The van der Waals surface area contributed by atoms with Crippen molar-refractivity contribution >= 4 is 5.69 Å². The van der Waals surface area contributed by atoms with Gasteiger partial charge in [0, 0.05) is 12.1 Å². The Morgan fingerprint density at radius 1 is 1.20 bits per heavy atom. The minimum atomic E-state index is -4.35. The van der Waals surface area contributed by atoms with Crippen molar-refractivity contribution in [2.75, 3.05) is 18.4 Å². The van der Waals surface area contributed by atoms with E-state index in [4.69, 9.17) is 10.3 Å². The van der Waals surface area contributed by atoms with Crippen molar-refractivity contribution in [1.29, 1.82) is 0 Å². The van der Waals surface area contributed by atoms with Crippen LogP contribution in [0, 0.1) is 0 Å². The van der Waals surface area contributed by atoms with E-state index in [1.807, 2.05) is 0 Å². The highest BCUT2D eigenvalue weighted by Gasteiger charge is 2.30. The third-order valence-electron chi connectivity index (χ3n) is 2.74. The van der Waals surface area contributed by atoms with Gasteiger partial charge in [0.05, 0.1) is 11.8 Å². The van der Waals surface area contributed by atoms with Gasteiger partial charge in [-0.2, -0.15) is 13.2 Å². The molecule has 1 aromatic heterocycles. The number of hydrogen-bond acceptors (Lipinski definition) is 4. The number of nitrogens with zero attached hydrogens (tertiary/aromatic N) is 1. The number of halogens is 3. The standard InChI is InChI=1S/C13H14F3N3O/c14-13(15,16)10-4-2-9(3-5-10)12-11(8-19-20-12)18-7-1-6-17/h2-5,8,18H,1,6-7,17H2. The van der Waals surface area contributed by atoms with Gasteiger partial charge in [0.15, 0.2) is 5.76 Å². The zero-order chi connectivity index (χ0) is 14.6. The Labute approximate surface area is 113 Å². The summed E-state index contributed by atoms with van der Waals surface area (Å²) in [7, 11) is 0. The van der Waals surface area contributed by atoms with E-state index in [0.717, 1.165) is 18.6 Å². The number of nitrogens with two attached hydrogens (primary N) is 1. The molecular weight excluding hydrogens is 271 g/mol. The van der Waals surface area contributed by atoms with Crippen LogP contribution in [0.1, 0.15) is 12.0 Å². The number of benzene rings is 1. The zero-order valence-electron chi connectivity index (χ0n) is 10.6. The number of hydrogen-bond donors (Lipinski definition) is 2. The first-order chi connectivity index (χ1) is 9.52. The second-order valence-electron chi connectivity index (χ2n) is 4.21. The lowest BCUT2D eigenvalue weighted by molar-refractivity contribution is -0.137. The first kappa shape index (κ1) is 14.4. The number of nitrogens with one attached hydrogen (secondary N) is 1. The molecule has 0 atom stereocenters. The molecule has 1 aromatic carbocycles. The second kappa shape index (κ2) is 5.96. The van der Waals surface area contributed by atoms with Gasteiger partial charge in [0.1, 0.15) is 5.69 Å². The minimum absolute atomic E-state index is 0.413. The topological polar surface area (TPSA) is 64.1 Å². The summed E-state index contributed by atoms with van der Waals surface area (Å²) >= 11 is 0. The van der Waals surface area contributed by atoms with Crippen LogP contribution in [-0.4, -0.2) is 18.2 Å². The van der Waals surface area contributed by atoms with Gasteiger partial charge in [-0.25, -0.2) is 0 Å². The van der Waals surface area contributed by atoms with Crippen molar-refractivity contribution < 1.29 is 17.7 Å². The van der Waals surface area contributed by atoms with Crippen LogP contribution in [0.15, 0.2) is 35.0 Å². The van der Waals surface area contributed by atoms with E-state index >= 15 is 0 Å². The van der Waals surface area contributed by atoms with Crippen LogP contribution in [0.25, 0.3) is 11.3 Å². The molecule has 7 heteroatoms. The van der Waals surface area contributed by atoms with Gasteiger partial charge in [-0.05, 0) is 25.1 Å². The molecule has 0 saturated heterocycles. The van der Waals surface area contributed by atoms with Gasteiger partial charge < -0.3 is 15.6 Å². The maximum absolute atomic E-state index is 12.5. The van der Waals surface area contributed by atoms with Gasteiger partial charge in [-0.1, -0.05) is 17.3 Å². The van der Waals surface area contributed by atoms with Crippen LogP contribution < -0.4 is 11.1 Å². The SMILES string of the molecule is NCCCNc1cnoc1-c1ccc(C(F)(F)F)cc1. The molecule has 108 valence electrons. The first-order valence-electron chi connectivity index (χ1n) is 6.08. The summed E-state index contributed by atoms with van der Waals surface area (Å²) < 4.78 is 42.5. The number of alkyl halides is 3.